The molecule has 6 bridgehead atoms. The van der Waals surface area contributed by atoms with E-state index in [1.54, 1.807) is 0 Å². The third kappa shape index (κ3) is 3.15. The van der Waals surface area contributed by atoms with Crippen molar-refractivity contribution in [1.82, 2.24) is 0 Å². The lowest BCUT2D eigenvalue weighted by Crippen LogP contribution is -2.23. The first-order chi connectivity index (χ1) is 24.7. The standard InChI is InChI=1S/C48H28O2/c1-48-29-20-21-33-38(24-29)44(36-18-7-12-28-22-23-49-47(28)36)32-14-6-5-13-31(32)43(33)35-17-9-19-41-45(35)39-25-40(48)37(26-42(39)50-41)34-16-8-15-30(46(34)48)27-10-3-2-4-11-27/h2-26H,1H3. The Balaban J connectivity index is 1.35. The minimum atomic E-state index is -0.442. The number of benzene rings is 8. The second-order valence-electron chi connectivity index (χ2n) is 14.1. The molecule has 10 aromatic rings. The van der Waals surface area contributed by atoms with Gasteiger partial charge in [-0.1, -0.05) is 115 Å². The van der Waals surface area contributed by atoms with Crippen molar-refractivity contribution >= 4 is 54.5 Å². The van der Waals surface area contributed by atoms with Gasteiger partial charge in [-0.2, -0.15) is 0 Å². The van der Waals surface area contributed by atoms with E-state index in [1.807, 2.05) is 6.26 Å². The zero-order chi connectivity index (χ0) is 32.7. The quantitative estimate of drug-likeness (QED) is 0.177. The Morgan fingerprint density at radius 2 is 1.20 bits per heavy atom. The number of fused-ring (bicyclic) bond motifs is 5. The molecule has 3 aliphatic rings. The molecular weight excluding hydrogens is 609 g/mol. The zero-order valence-electron chi connectivity index (χ0n) is 27.3. The molecule has 50 heavy (non-hydrogen) atoms. The lowest BCUT2D eigenvalue weighted by molar-refractivity contribution is 0.617. The minimum absolute atomic E-state index is 0.442. The molecule has 0 saturated carbocycles. The molecule has 2 heteroatoms. The van der Waals surface area contributed by atoms with Crippen LogP contribution in [0.4, 0.5) is 0 Å². The fourth-order valence-corrected chi connectivity index (χ4v) is 9.58. The monoisotopic (exact) mass is 636 g/mol. The van der Waals surface area contributed by atoms with E-state index in [-0.39, 0.29) is 0 Å². The largest absolute Gasteiger partial charge is 0.464 e. The van der Waals surface area contributed by atoms with Crippen LogP contribution in [0.15, 0.2) is 161 Å². The third-order valence-electron chi connectivity index (χ3n) is 11.7. The van der Waals surface area contributed by atoms with E-state index >= 15 is 0 Å². The van der Waals surface area contributed by atoms with Crippen LogP contribution < -0.4 is 0 Å². The van der Waals surface area contributed by atoms with Gasteiger partial charge in [0.2, 0.25) is 0 Å². The second-order valence-corrected chi connectivity index (χ2v) is 14.1. The molecule has 0 fully saturated rings. The number of rotatable bonds is 2. The van der Waals surface area contributed by atoms with Gasteiger partial charge in [-0.25, -0.2) is 0 Å². The predicted octanol–water partition coefficient (Wildman–Crippen LogP) is 13.3. The fourth-order valence-electron chi connectivity index (χ4n) is 9.58. The lowest BCUT2D eigenvalue weighted by Gasteiger charge is -2.31. The Hall–Kier alpha value is -6.38. The van der Waals surface area contributed by atoms with Gasteiger partial charge in [0.25, 0.3) is 0 Å². The molecule has 0 radical (unpaired) electrons. The average Bonchev–Trinajstić information content (AvgIpc) is 3.86. The highest BCUT2D eigenvalue weighted by atomic mass is 16.3. The summed E-state index contributed by atoms with van der Waals surface area (Å²) < 4.78 is 13.0. The molecule has 0 spiro atoms. The number of furan rings is 2. The van der Waals surface area contributed by atoms with Crippen LogP contribution in [0.25, 0.3) is 99.0 Å². The van der Waals surface area contributed by atoms with Crippen molar-refractivity contribution in [3.63, 3.8) is 0 Å². The van der Waals surface area contributed by atoms with E-state index in [9.17, 15) is 0 Å². The molecule has 1 atom stereocenters. The van der Waals surface area contributed by atoms with Gasteiger partial charge in [-0.15, -0.1) is 0 Å². The van der Waals surface area contributed by atoms with Gasteiger partial charge in [-0.3, -0.25) is 0 Å². The summed E-state index contributed by atoms with van der Waals surface area (Å²) in [5.74, 6) is 0. The first-order valence-electron chi connectivity index (χ1n) is 17.3. The number of para-hydroxylation sites is 1. The summed E-state index contributed by atoms with van der Waals surface area (Å²) in [6.45, 7) is 2.44. The van der Waals surface area contributed by atoms with E-state index in [0.717, 1.165) is 27.7 Å². The van der Waals surface area contributed by atoms with Crippen LogP contribution in [0.3, 0.4) is 0 Å². The van der Waals surface area contributed by atoms with E-state index in [2.05, 4.69) is 153 Å². The van der Waals surface area contributed by atoms with Crippen molar-refractivity contribution in [2.75, 3.05) is 0 Å². The van der Waals surface area contributed by atoms with E-state index in [0.29, 0.717) is 0 Å². The Morgan fingerprint density at radius 3 is 2.08 bits per heavy atom. The maximum atomic E-state index is 6.77. The third-order valence-corrected chi connectivity index (χ3v) is 11.7. The fraction of sp³-hybridized carbons (Fsp3) is 0.0417. The Bertz CT molecular complexity index is 3100. The highest BCUT2D eigenvalue weighted by Gasteiger charge is 2.44. The number of hydrogen-bond acceptors (Lipinski definition) is 2. The SMILES string of the molecule is CC12c3ccc4c(c5ccccc5c(-c5cccc6ccoc56)c4c3)-c3cccc4oc5cc(c1cc5c34)-c1cccc(-c3ccccc3)c12. The summed E-state index contributed by atoms with van der Waals surface area (Å²) in [7, 11) is 0. The van der Waals surface area contributed by atoms with Crippen molar-refractivity contribution in [2.45, 2.75) is 12.3 Å². The van der Waals surface area contributed by atoms with Crippen LogP contribution >= 0.6 is 0 Å². The van der Waals surface area contributed by atoms with Gasteiger partial charge >= 0.3 is 0 Å². The summed E-state index contributed by atoms with van der Waals surface area (Å²) in [6.07, 6.45) is 1.81. The van der Waals surface area contributed by atoms with Crippen molar-refractivity contribution in [3.8, 4) is 44.5 Å². The molecule has 2 aromatic heterocycles. The van der Waals surface area contributed by atoms with Gasteiger partial charge in [-0.05, 0) is 109 Å². The molecule has 13 rings (SSSR count). The van der Waals surface area contributed by atoms with E-state index in [1.165, 1.54) is 88.0 Å². The molecule has 8 aromatic carbocycles. The van der Waals surface area contributed by atoms with Crippen LogP contribution in [-0.2, 0) is 5.41 Å². The summed E-state index contributed by atoms with van der Waals surface area (Å²) >= 11 is 0. The summed E-state index contributed by atoms with van der Waals surface area (Å²) in [5, 5.41) is 8.31. The first kappa shape index (κ1) is 26.6. The second kappa shape index (κ2) is 9.19. The van der Waals surface area contributed by atoms with Crippen LogP contribution in [0, 0.1) is 0 Å². The molecule has 0 aliphatic heterocycles. The minimum Gasteiger partial charge on any atom is -0.464 e. The van der Waals surface area contributed by atoms with E-state index < -0.39 is 5.41 Å². The molecule has 0 N–H and O–H groups in total. The maximum absolute atomic E-state index is 6.77. The molecule has 2 nitrogen and oxygen atoms in total. The van der Waals surface area contributed by atoms with Crippen LogP contribution in [0.1, 0.15) is 23.6 Å². The summed E-state index contributed by atoms with van der Waals surface area (Å²) in [4.78, 5) is 0. The van der Waals surface area contributed by atoms with Crippen molar-refractivity contribution in [2.24, 2.45) is 0 Å². The molecule has 3 aliphatic carbocycles. The van der Waals surface area contributed by atoms with Gasteiger partial charge in [0.1, 0.15) is 16.7 Å². The van der Waals surface area contributed by atoms with Gasteiger partial charge in [0.15, 0.2) is 0 Å². The molecule has 2 heterocycles. The summed E-state index contributed by atoms with van der Waals surface area (Å²) in [5.41, 5.74) is 16.0. The molecular formula is C48H28O2. The highest BCUT2D eigenvalue weighted by molar-refractivity contribution is 6.27. The van der Waals surface area contributed by atoms with Crippen molar-refractivity contribution in [1.29, 1.82) is 0 Å². The van der Waals surface area contributed by atoms with Gasteiger partial charge in [0.05, 0.1) is 6.26 Å². The van der Waals surface area contributed by atoms with Crippen LogP contribution in [0.5, 0.6) is 0 Å². The predicted molar refractivity (Wildman–Crippen MR) is 206 cm³/mol. The van der Waals surface area contributed by atoms with Crippen LogP contribution in [-0.4, -0.2) is 0 Å². The van der Waals surface area contributed by atoms with Gasteiger partial charge < -0.3 is 8.83 Å². The van der Waals surface area contributed by atoms with E-state index in [4.69, 9.17) is 8.83 Å². The Morgan fingerprint density at radius 1 is 0.480 bits per heavy atom. The molecule has 0 saturated heterocycles. The van der Waals surface area contributed by atoms with Crippen molar-refractivity contribution < 1.29 is 8.83 Å². The number of hydrogen-bond donors (Lipinski definition) is 0. The summed E-state index contributed by atoms with van der Waals surface area (Å²) in [6, 6.07) is 53.7. The lowest BCUT2D eigenvalue weighted by atomic mass is 9.71. The Labute approximate surface area is 287 Å². The highest BCUT2D eigenvalue weighted by Crippen LogP contribution is 2.59. The molecule has 232 valence electrons. The molecule has 1 unspecified atom stereocenters. The smallest absolute Gasteiger partial charge is 0.141 e. The Kier molecular flexibility index (Phi) is 4.88. The zero-order valence-corrected chi connectivity index (χ0v) is 27.3. The molecule has 0 amide bonds. The van der Waals surface area contributed by atoms with Crippen molar-refractivity contribution in [3.05, 3.63) is 169 Å². The first-order valence-corrected chi connectivity index (χ1v) is 17.3. The topological polar surface area (TPSA) is 26.3 Å². The normalized spacial score (nSPS) is 15.8. The average molecular weight is 637 g/mol. The maximum Gasteiger partial charge on any atom is 0.141 e. The van der Waals surface area contributed by atoms with Crippen LogP contribution in [0.2, 0.25) is 0 Å². The van der Waals surface area contributed by atoms with Gasteiger partial charge in [0, 0.05) is 32.7 Å².